The van der Waals surface area contributed by atoms with Crippen LogP contribution < -0.4 is 10.6 Å². The zero-order chi connectivity index (χ0) is 12.4. The van der Waals surface area contributed by atoms with Crippen LogP contribution in [0.2, 0.25) is 0 Å². The quantitative estimate of drug-likeness (QED) is 0.845. The van der Waals surface area contributed by atoms with E-state index in [0.717, 1.165) is 24.5 Å². The smallest absolute Gasteiger partial charge is 0.128 e. The highest BCUT2D eigenvalue weighted by Crippen LogP contribution is 2.24. The Morgan fingerprint density at radius 3 is 2.65 bits per heavy atom. The van der Waals surface area contributed by atoms with Crippen LogP contribution in [0.25, 0.3) is 0 Å². The lowest BCUT2D eigenvalue weighted by Crippen LogP contribution is -2.34. The molecule has 17 heavy (non-hydrogen) atoms. The fourth-order valence-corrected chi connectivity index (χ4v) is 2.53. The van der Waals surface area contributed by atoms with Gasteiger partial charge in [-0.15, -0.1) is 0 Å². The van der Waals surface area contributed by atoms with Crippen LogP contribution in [0.5, 0.6) is 0 Å². The maximum Gasteiger partial charge on any atom is 0.128 e. The van der Waals surface area contributed by atoms with Crippen LogP contribution in [0.4, 0.5) is 5.82 Å². The molecule has 0 bridgehead atoms. The van der Waals surface area contributed by atoms with Crippen molar-refractivity contribution >= 4 is 5.82 Å². The Kier molecular flexibility index (Phi) is 3.64. The van der Waals surface area contributed by atoms with Crippen molar-refractivity contribution < 1.29 is 0 Å². The normalized spacial score (nSPS) is 24.6. The molecule has 1 aromatic heterocycles. The van der Waals surface area contributed by atoms with E-state index in [4.69, 9.17) is 5.73 Å². The first kappa shape index (κ1) is 12.3. The number of hydrogen-bond donors (Lipinski definition) is 1. The molecule has 94 valence electrons. The Morgan fingerprint density at radius 2 is 2.18 bits per heavy atom. The molecule has 4 heteroatoms. The summed E-state index contributed by atoms with van der Waals surface area (Å²) in [6.45, 7) is 5.00. The maximum absolute atomic E-state index is 5.58. The molecule has 0 aromatic carbocycles. The van der Waals surface area contributed by atoms with Crippen molar-refractivity contribution in [2.24, 2.45) is 11.7 Å². The Labute approximate surface area is 103 Å². The van der Waals surface area contributed by atoms with Gasteiger partial charge in [0.15, 0.2) is 0 Å². The van der Waals surface area contributed by atoms with E-state index in [1.165, 1.54) is 0 Å². The van der Waals surface area contributed by atoms with Crippen LogP contribution in [0, 0.1) is 5.92 Å². The molecule has 1 aliphatic rings. The summed E-state index contributed by atoms with van der Waals surface area (Å²) in [5.74, 6) is 1.75. The molecule has 1 saturated heterocycles. The van der Waals surface area contributed by atoms with Gasteiger partial charge in [0.25, 0.3) is 0 Å². The lowest BCUT2D eigenvalue weighted by atomic mass is 10.1. The molecule has 2 rings (SSSR count). The monoisotopic (exact) mass is 234 g/mol. The van der Waals surface area contributed by atoms with Gasteiger partial charge in [0.2, 0.25) is 0 Å². The summed E-state index contributed by atoms with van der Waals surface area (Å²) in [5, 5.41) is 0. The lowest BCUT2D eigenvalue weighted by molar-refractivity contribution is 0.266. The summed E-state index contributed by atoms with van der Waals surface area (Å²) >= 11 is 0. The Morgan fingerprint density at radius 1 is 1.41 bits per heavy atom. The molecule has 2 unspecified atom stereocenters. The molecule has 0 radical (unpaired) electrons. The van der Waals surface area contributed by atoms with Gasteiger partial charge in [0.05, 0.1) is 0 Å². The molecule has 1 fully saturated rings. The minimum Gasteiger partial charge on any atom is -0.355 e. The van der Waals surface area contributed by atoms with Gasteiger partial charge in [-0.3, -0.25) is 0 Å². The van der Waals surface area contributed by atoms with Crippen LogP contribution in [0.3, 0.4) is 0 Å². The van der Waals surface area contributed by atoms with E-state index in [1.807, 2.05) is 6.20 Å². The minimum absolute atomic E-state index is 0.560. The number of anilines is 1. The van der Waals surface area contributed by atoms with Crippen molar-refractivity contribution in [3.63, 3.8) is 0 Å². The third-order valence-corrected chi connectivity index (χ3v) is 3.60. The second-order valence-corrected chi connectivity index (χ2v) is 5.14. The molecule has 2 N–H and O–H groups in total. The predicted molar refractivity (Wildman–Crippen MR) is 71.0 cm³/mol. The number of nitrogens with zero attached hydrogens (tertiary/aromatic N) is 3. The van der Waals surface area contributed by atoms with Gasteiger partial charge in [-0.1, -0.05) is 13.0 Å². The molecular weight excluding hydrogens is 212 g/mol. The molecule has 0 aliphatic carbocycles. The van der Waals surface area contributed by atoms with E-state index in [2.05, 4.69) is 47.9 Å². The SMILES string of the molecule is CC1CN(c2ccc(CN)cn2)CC1N(C)C. The molecule has 2 atom stereocenters. The topological polar surface area (TPSA) is 45.4 Å². The fourth-order valence-electron chi connectivity index (χ4n) is 2.53. The number of likely N-dealkylation sites (N-methyl/N-ethyl adjacent to an activating group) is 1. The van der Waals surface area contributed by atoms with E-state index in [0.29, 0.717) is 18.5 Å². The molecule has 1 aliphatic heterocycles. The number of pyridine rings is 1. The van der Waals surface area contributed by atoms with Crippen molar-refractivity contribution in [3.8, 4) is 0 Å². The molecular formula is C13H22N4. The predicted octanol–water partition coefficient (Wildman–Crippen LogP) is 0.927. The number of aromatic nitrogens is 1. The third kappa shape index (κ3) is 2.58. The summed E-state index contributed by atoms with van der Waals surface area (Å²) in [6.07, 6.45) is 1.88. The van der Waals surface area contributed by atoms with E-state index in [9.17, 15) is 0 Å². The van der Waals surface area contributed by atoms with Crippen LogP contribution in [-0.2, 0) is 6.54 Å². The van der Waals surface area contributed by atoms with Gasteiger partial charge in [0, 0.05) is 31.9 Å². The highest BCUT2D eigenvalue weighted by Gasteiger charge is 2.31. The Bertz CT molecular complexity index is 360. The highest BCUT2D eigenvalue weighted by molar-refractivity contribution is 5.41. The van der Waals surface area contributed by atoms with Crippen molar-refractivity contribution in [1.29, 1.82) is 0 Å². The average molecular weight is 234 g/mol. The van der Waals surface area contributed by atoms with Crippen molar-refractivity contribution in [2.75, 3.05) is 32.1 Å². The summed E-state index contributed by atoms with van der Waals surface area (Å²) in [6, 6.07) is 4.76. The van der Waals surface area contributed by atoms with Crippen molar-refractivity contribution in [1.82, 2.24) is 9.88 Å². The first-order chi connectivity index (χ1) is 8.11. The number of hydrogen-bond acceptors (Lipinski definition) is 4. The van der Waals surface area contributed by atoms with Crippen molar-refractivity contribution in [2.45, 2.75) is 19.5 Å². The second kappa shape index (κ2) is 5.02. The Balaban J connectivity index is 2.08. The summed E-state index contributed by atoms with van der Waals surface area (Å²) in [4.78, 5) is 9.15. The highest BCUT2D eigenvalue weighted by atomic mass is 15.3. The average Bonchev–Trinajstić information content (AvgIpc) is 2.71. The fraction of sp³-hybridized carbons (Fsp3) is 0.615. The van der Waals surface area contributed by atoms with E-state index >= 15 is 0 Å². The van der Waals surface area contributed by atoms with Crippen LogP contribution in [0.1, 0.15) is 12.5 Å². The molecule has 1 aromatic rings. The first-order valence-corrected chi connectivity index (χ1v) is 6.18. The zero-order valence-corrected chi connectivity index (χ0v) is 10.9. The molecule has 4 nitrogen and oxygen atoms in total. The van der Waals surface area contributed by atoms with Gasteiger partial charge in [-0.25, -0.2) is 4.98 Å². The van der Waals surface area contributed by atoms with Crippen LogP contribution in [-0.4, -0.2) is 43.1 Å². The van der Waals surface area contributed by atoms with Gasteiger partial charge in [0.1, 0.15) is 5.82 Å². The largest absolute Gasteiger partial charge is 0.355 e. The standard InChI is InChI=1S/C13H22N4/c1-10-8-17(9-12(10)16(2)3)13-5-4-11(6-14)7-15-13/h4-5,7,10,12H,6,8-9,14H2,1-3H3. The van der Waals surface area contributed by atoms with Gasteiger partial charge in [-0.05, 0) is 31.6 Å². The first-order valence-electron chi connectivity index (χ1n) is 6.18. The maximum atomic E-state index is 5.58. The van der Waals surface area contributed by atoms with Gasteiger partial charge < -0.3 is 15.5 Å². The minimum atomic E-state index is 0.560. The van der Waals surface area contributed by atoms with E-state index < -0.39 is 0 Å². The Hall–Kier alpha value is -1.13. The van der Waals surface area contributed by atoms with Crippen LogP contribution in [0.15, 0.2) is 18.3 Å². The van der Waals surface area contributed by atoms with Gasteiger partial charge >= 0.3 is 0 Å². The molecule has 0 spiro atoms. The third-order valence-electron chi connectivity index (χ3n) is 3.60. The number of nitrogens with two attached hydrogens (primary N) is 1. The van der Waals surface area contributed by atoms with E-state index in [1.54, 1.807) is 0 Å². The zero-order valence-electron chi connectivity index (χ0n) is 10.9. The molecule has 2 heterocycles. The molecule has 0 amide bonds. The number of rotatable bonds is 3. The second-order valence-electron chi connectivity index (χ2n) is 5.14. The van der Waals surface area contributed by atoms with Gasteiger partial charge in [-0.2, -0.15) is 0 Å². The van der Waals surface area contributed by atoms with E-state index in [-0.39, 0.29) is 0 Å². The summed E-state index contributed by atoms with van der Waals surface area (Å²) < 4.78 is 0. The molecule has 0 saturated carbocycles. The summed E-state index contributed by atoms with van der Waals surface area (Å²) in [5.41, 5.74) is 6.67. The van der Waals surface area contributed by atoms with Crippen molar-refractivity contribution in [3.05, 3.63) is 23.9 Å². The van der Waals surface area contributed by atoms with Crippen LogP contribution >= 0.6 is 0 Å². The lowest BCUT2D eigenvalue weighted by Gasteiger charge is -2.22. The summed E-state index contributed by atoms with van der Waals surface area (Å²) in [7, 11) is 4.30.